The number of rotatable bonds is 1. The molecule has 3 atom stereocenters. The van der Waals surface area contributed by atoms with Gasteiger partial charge in [-0.15, -0.1) is 0 Å². The van der Waals surface area contributed by atoms with Gasteiger partial charge < -0.3 is 0 Å². The predicted molar refractivity (Wildman–Crippen MR) is 66.8 cm³/mol. The summed E-state index contributed by atoms with van der Waals surface area (Å²) in [5.41, 5.74) is 0.807. The number of hydrogen-bond donors (Lipinski definition) is 0. The molecule has 1 amide bonds. The normalized spacial score (nSPS) is 43.5. The fourth-order valence-electron chi connectivity index (χ4n) is 4.28. The van der Waals surface area contributed by atoms with Crippen LogP contribution in [0.1, 0.15) is 33.1 Å². The van der Waals surface area contributed by atoms with Crippen LogP contribution in [0.3, 0.4) is 0 Å². The summed E-state index contributed by atoms with van der Waals surface area (Å²) in [7, 11) is 0. The standard InChI is InChI=1S/C13H19NOS/c1-4-11(15)14-10-7-9-5-6-13(10,8-16-14)12(9,2)3/h4,9-10H,1,5-8H2,2-3H3/t9-,10-,13-/m1/s1. The van der Waals surface area contributed by atoms with Crippen LogP contribution in [0.2, 0.25) is 0 Å². The molecule has 2 bridgehead atoms. The lowest BCUT2D eigenvalue weighted by molar-refractivity contribution is -0.123. The highest BCUT2D eigenvalue weighted by atomic mass is 32.2. The van der Waals surface area contributed by atoms with Crippen LogP contribution >= 0.6 is 11.9 Å². The van der Waals surface area contributed by atoms with Crippen LogP contribution in [0.15, 0.2) is 12.7 Å². The summed E-state index contributed by atoms with van der Waals surface area (Å²) in [6, 6.07) is 0.469. The minimum Gasteiger partial charge on any atom is -0.279 e. The fraction of sp³-hybridized carbons (Fsp3) is 0.769. The third kappa shape index (κ3) is 0.987. The van der Waals surface area contributed by atoms with Crippen LogP contribution in [-0.4, -0.2) is 22.0 Å². The Balaban J connectivity index is 1.97. The number of amides is 1. The summed E-state index contributed by atoms with van der Waals surface area (Å²) in [5.74, 6) is 2.05. The second-order valence-corrected chi connectivity index (χ2v) is 6.95. The zero-order chi connectivity index (χ0) is 11.6. The van der Waals surface area contributed by atoms with Gasteiger partial charge in [-0.1, -0.05) is 20.4 Å². The molecule has 0 aromatic rings. The van der Waals surface area contributed by atoms with Crippen LogP contribution in [0, 0.1) is 16.7 Å². The van der Waals surface area contributed by atoms with E-state index >= 15 is 0 Å². The molecule has 3 fully saturated rings. The maximum atomic E-state index is 11.8. The quantitative estimate of drug-likeness (QED) is 0.516. The van der Waals surface area contributed by atoms with E-state index in [-0.39, 0.29) is 5.91 Å². The smallest absolute Gasteiger partial charge is 0.256 e. The number of hydrogen-bond acceptors (Lipinski definition) is 2. The number of fused-ring (bicyclic) bond motifs is 1. The van der Waals surface area contributed by atoms with Gasteiger partial charge in [0.2, 0.25) is 0 Å². The van der Waals surface area contributed by atoms with Gasteiger partial charge in [0, 0.05) is 11.2 Å². The third-order valence-electron chi connectivity index (χ3n) is 5.52. The van der Waals surface area contributed by atoms with Gasteiger partial charge in [0.25, 0.3) is 5.91 Å². The molecule has 0 unspecified atom stereocenters. The number of carbonyl (C=O) groups is 1. The Morgan fingerprint density at radius 2 is 2.31 bits per heavy atom. The summed E-state index contributed by atoms with van der Waals surface area (Å²) in [6.45, 7) is 8.43. The Morgan fingerprint density at radius 3 is 2.94 bits per heavy atom. The first-order chi connectivity index (χ1) is 7.53. The van der Waals surface area contributed by atoms with Crippen LogP contribution in [0.25, 0.3) is 0 Å². The van der Waals surface area contributed by atoms with E-state index in [1.54, 1.807) is 11.9 Å². The van der Waals surface area contributed by atoms with E-state index in [9.17, 15) is 4.79 Å². The lowest BCUT2D eigenvalue weighted by Crippen LogP contribution is -2.42. The highest BCUT2D eigenvalue weighted by Gasteiger charge is 2.68. The van der Waals surface area contributed by atoms with Crippen LogP contribution in [0.4, 0.5) is 0 Å². The van der Waals surface area contributed by atoms with Gasteiger partial charge in [-0.2, -0.15) is 0 Å². The van der Waals surface area contributed by atoms with Gasteiger partial charge in [0.05, 0.1) is 6.04 Å². The molecule has 1 saturated heterocycles. The lowest BCUT2D eigenvalue weighted by atomic mass is 9.69. The summed E-state index contributed by atoms with van der Waals surface area (Å²) in [5, 5.41) is 0. The van der Waals surface area contributed by atoms with Gasteiger partial charge in [-0.3, -0.25) is 9.10 Å². The van der Waals surface area contributed by atoms with Crippen molar-refractivity contribution in [2.75, 3.05) is 5.75 Å². The molecule has 16 heavy (non-hydrogen) atoms. The molecule has 0 aromatic carbocycles. The van der Waals surface area contributed by atoms with E-state index in [4.69, 9.17) is 0 Å². The van der Waals surface area contributed by atoms with Gasteiger partial charge in [-0.25, -0.2) is 0 Å². The zero-order valence-electron chi connectivity index (χ0n) is 10.0. The SMILES string of the molecule is C=CC(=O)N1SC[C@]23CC[C@H](C[C@@H]12)C3(C)C. The summed E-state index contributed by atoms with van der Waals surface area (Å²) >= 11 is 1.73. The first-order valence-corrected chi connectivity index (χ1v) is 7.06. The van der Waals surface area contributed by atoms with Gasteiger partial charge >= 0.3 is 0 Å². The maximum Gasteiger partial charge on any atom is 0.256 e. The van der Waals surface area contributed by atoms with Crippen molar-refractivity contribution in [3.05, 3.63) is 12.7 Å². The largest absolute Gasteiger partial charge is 0.279 e. The molecule has 3 rings (SSSR count). The Hall–Kier alpha value is -0.440. The lowest BCUT2D eigenvalue weighted by Gasteiger charge is -2.37. The van der Waals surface area contributed by atoms with E-state index in [1.165, 1.54) is 25.3 Å². The Bertz CT molecular complexity index is 365. The van der Waals surface area contributed by atoms with E-state index in [1.807, 2.05) is 4.31 Å². The molecule has 2 aliphatic carbocycles. The molecule has 1 heterocycles. The Morgan fingerprint density at radius 1 is 1.56 bits per heavy atom. The van der Waals surface area contributed by atoms with Crippen LogP contribution < -0.4 is 0 Å². The van der Waals surface area contributed by atoms with E-state index < -0.39 is 0 Å². The minimum atomic E-state index is 0.107. The van der Waals surface area contributed by atoms with Crippen molar-refractivity contribution in [3.8, 4) is 0 Å². The van der Waals surface area contributed by atoms with E-state index in [2.05, 4.69) is 20.4 Å². The van der Waals surface area contributed by atoms with Crippen molar-refractivity contribution in [1.82, 2.24) is 4.31 Å². The molecule has 3 heteroatoms. The zero-order valence-corrected chi connectivity index (χ0v) is 10.8. The summed E-state index contributed by atoms with van der Waals surface area (Å²) in [6.07, 6.45) is 5.34. The van der Waals surface area contributed by atoms with Gasteiger partial charge in [0.15, 0.2) is 0 Å². The molecular weight excluding hydrogens is 218 g/mol. The number of nitrogens with zero attached hydrogens (tertiary/aromatic N) is 1. The molecule has 2 saturated carbocycles. The average molecular weight is 237 g/mol. The van der Waals surface area contributed by atoms with Crippen molar-refractivity contribution < 1.29 is 4.79 Å². The topological polar surface area (TPSA) is 20.3 Å². The Labute approximate surface area is 102 Å². The molecule has 0 radical (unpaired) electrons. The fourth-order valence-corrected chi connectivity index (χ4v) is 6.03. The molecule has 0 aromatic heterocycles. The third-order valence-corrected chi connectivity index (χ3v) is 6.88. The van der Waals surface area contributed by atoms with Crippen molar-refractivity contribution in [2.45, 2.75) is 39.2 Å². The molecular formula is C13H19NOS. The first-order valence-electron chi connectivity index (χ1n) is 6.11. The minimum absolute atomic E-state index is 0.107. The molecule has 2 nitrogen and oxygen atoms in total. The van der Waals surface area contributed by atoms with Crippen molar-refractivity contribution in [2.24, 2.45) is 16.7 Å². The van der Waals surface area contributed by atoms with Crippen molar-refractivity contribution >= 4 is 17.9 Å². The van der Waals surface area contributed by atoms with Crippen LogP contribution in [-0.2, 0) is 4.79 Å². The second-order valence-electron chi connectivity index (χ2n) is 6.01. The molecule has 1 aliphatic heterocycles. The molecule has 1 spiro atoms. The highest BCUT2D eigenvalue weighted by molar-refractivity contribution is 7.97. The Kier molecular flexibility index (Phi) is 2.05. The monoisotopic (exact) mass is 237 g/mol. The molecule has 88 valence electrons. The maximum absolute atomic E-state index is 11.8. The number of carbonyl (C=O) groups excluding carboxylic acids is 1. The van der Waals surface area contributed by atoms with Crippen LogP contribution in [0.5, 0.6) is 0 Å². The molecule has 0 N–H and O–H groups in total. The summed E-state index contributed by atoms with van der Waals surface area (Å²) < 4.78 is 2.01. The van der Waals surface area contributed by atoms with E-state index in [0.29, 0.717) is 16.9 Å². The summed E-state index contributed by atoms with van der Waals surface area (Å²) in [4.78, 5) is 11.8. The predicted octanol–water partition coefficient (Wildman–Crippen LogP) is 2.86. The van der Waals surface area contributed by atoms with Crippen molar-refractivity contribution in [1.29, 1.82) is 0 Å². The average Bonchev–Trinajstić information content (AvgIpc) is 2.83. The first kappa shape index (κ1) is 10.7. The highest BCUT2D eigenvalue weighted by Crippen LogP contribution is 2.71. The van der Waals surface area contributed by atoms with Gasteiger partial charge in [0.1, 0.15) is 0 Å². The van der Waals surface area contributed by atoms with Gasteiger partial charge in [-0.05, 0) is 48.6 Å². The molecule has 3 aliphatic rings. The second kappa shape index (κ2) is 3.06. The van der Waals surface area contributed by atoms with E-state index in [0.717, 1.165) is 11.7 Å². The van der Waals surface area contributed by atoms with Crippen molar-refractivity contribution in [3.63, 3.8) is 0 Å².